The number of fused-ring (bicyclic) bond motifs is 3. The van der Waals surface area contributed by atoms with Crippen LogP contribution in [-0.2, 0) is 12.8 Å². The highest BCUT2D eigenvalue weighted by atomic mass is 32.1. The van der Waals surface area contributed by atoms with Gasteiger partial charge in [-0.3, -0.25) is 9.36 Å². The molecule has 2 aliphatic carbocycles. The fourth-order valence-corrected chi connectivity index (χ4v) is 5.63. The second-order valence-electron chi connectivity index (χ2n) is 8.16. The average molecular weight is 360 g/mol. The molecule has 0 spiro atoms. The number of nitrogens with zero attached hydrogens (tertiary/aromatic N) is 2. The third kappa shape index (κ3) is 3.41. The molecule has 1 N–H and O–H groups in total. The van der Waals surface area contributed by atoms with Gasteiger partial charge in [-0.05, 0) is 56.6 Å². The van der Waals surface area contributed by atoms with Gasteiger partial charge < -0.3 is 5.32 Å². The monoisotopic (exact) mass is 359 g/mol. The molecule has 0 aliphatic heterocycles. The van der Waals surface area contributed by atoms with E-state index in [9.17, 15) is 4.79 Å². The Kier molecular flexibility index (Phi) is 4.96. The van der Waals surface area contributed by atoms with Crippen molar-refractivity contribution in [2.24, 2.45) is 5.92 Å². The first-order valence-electron chi connectivity index (χ1n) is 9.88. The summed E-state index contributed by atoms with van der Waals surface area (Å²) in [6.45, 7) is 5.64. The smallest absolute Gasteiger partial charge is 0.262 e. The average Bonchev–Trinajstić information content (AvgIpc) is 3.21. The highest BCUT2D eigenvalue weighted by Gasteiger charge is 2.26. The summed E-state index contributed by atoms with van der Waals surface area (Å²) in [7, 11) is 0. The lowest BCUT2D eigenvalue weighted by molar-refractivity contribution is 0.435. The maximum atomic E-state index is 13.1. The summed E-state index contributed by atoms with van der Waals surface area (Å²) in [6, 6.07) is 0.922. The number of rotatable bonds is 5. The first-order chi connectivity index (χ1) is 12.1. The van der Waals surface area contributed by atoms with Crippen LogP contribution in [0.5, 0.6) is 0 Å². The zero-order valence-electron chi connectivity index (χ0n) is 15.4. The molecule has 2 heterocycles. The molecule has 0 radical (unpaired) electrons. The molecule has 4 rings (SSSR count). The third-order valence-corrected chi connectivity index (χ3v) is 7.03. The van der Waals surface area contributed by atoms with E-state index in [4.69, 9.17) is 0 Å². The van der Waals surface area contributed by atoms with Crippen molar-refractivity contribution >= 4 is 21.6 Å². The molecule has 0 amide bonds. The van der Waals surface area contributed by atoms with Crippen molar-refractivity contribution < 1.29 is 0 Å². The van der Waals surface area contributed by atoms with Gasteiger partial charge >= 0.3 is 0 Å². The van der Waals surface area contributed by atoms with E-state index in [1.165, 1.54) is 29.7 Å². The van der Waals surface area contributed by atoms with Gasteiger partial charge in [-0.1, -0.05) is 26.7 Å². The van der Waals surface area contributed by atoms with Crippen LogP contribution in [0.1, 0.15) is 68.9 Å². The van der Waals surface area contributed by atoms with Crippen LogP contribution in [0.2, 0.25) is 0 Å². The van der Waals surface area contributed by atoms with Crippen LogP contribution in [0.4, 0.5) is 0 Å². The molecule has 2 aromatic rings. The van der Waals surface area contributed by atoms with Crippen molar-refractivity contribution in [1.82, 2.24) is 14.9 Å². The standard InChI is InChI=1S/C20H29N3OS/c1-13(2)9-10-21-14-7-8-16-17(11-14)25-19-18(16)20(24)23(12-22-19)15-5-3-4-6-15/h12-15,21H,3-11H2,1-2H3. The van der Waals surface area contributed by atoms with E-state index >= 15 is 0 Å². The van der Waals surface area contributed by atoms with Crippen molar-refractivity contribution in [3.63, 3.8) is 0 Å². The third-order valence-electron chi connectivity index (χ3n) is 5.87. The number of aromatic nitrogens is 2. The molecular weight excluding hydrogens is 330 g/mol. The van der Waals surface area contributed by atoms with Crippen molar-refractivity contribution in [2.75, 3.05) is 6.54 Å². The van der Waals surface area contributed by atoms with Crippen LogP contribution in [0.15, 0.2) is 11.1 Å². The molecule has 1 unspecified atom stereocenters. The largest absolute Gasteiger partial charge is 0.314 e. The fourth-order valence-electron chi connectivity index (χ4n) is 4.37. The summed E-state index contributed by atoms with van der Waals surface area (Å²) in [5.41, 5.74) is 1.51. The molecule has 2 aliphatic rings. The van der Waals surface area contributed by atoms with E-state index in [-0.39, 0.29) is 5.56 Å². The Morgan fingerprint density at radius 1 is 1.32 bits per heavy atom. The van der Waals surface area contributed by atoms with Gasteiger partial charge in [-0.15, -0.1) is 11.3 Å². The minimum Gasteiger partial charge on any atom is -0.314 e. The minimum absolute atomic E-state index is 0.209. The van der Waals surface area contributed by atoms with Crippen LogP contribution in [0, 0.1) is 5.92 Å². The van der Waals surface area contributed by atoms with E-state index in [2.05, 4.69) is 24.1 Å². The van der Waals surface area contributed by atoms with Crippen LogP contribution >= 0.6 is 11.3 Å². The first-order valence-corrected chi connectivity index (χ1v) is 10.7. The van der Waals surface area contributed by atoms with Gasteiger partial charge in [0.2, 0.25) is 0 Å². The highest BCUT2D eigenvalue weighted by Crippen LogP contribution is 2.35. The molecule has 25 heavy (non-hydrogen) atoms. The Balaban J connectivity index is 1.58. The normalized spacial score (nSPS) is 21.3. The lowest BCUT2D eigenvalue weighted by Gasteiger charge is -2.24. The predicted octanol–water partition coefficient (Wildman–Crippen LogP) is 4.07. The number of hydrogen-bond donors (Lipinski definition) is 1. The molecule has 2 aromatic heterocycles. The van der Waals surface area contributed by atoms with E-state index < -0.39 is 0 Å². The number of aryl methyl sites for hydroxylation is 1. The van der Waals surface area contributed by atoms with Crippen molar-refractivity contribution in [2.45, 2.75) is 77.3 Å². The molecule has 136 valence electrons. The lowest BCUT2D eigenvalue weighted by atomic mass is 9.93. The highest BCUT2D eigenvalue weighted by molar-refractivity contribution is 7.18. The van der Waals surface area contributed by atoms with E-state index in [0.29, 0.717) is 12.1 Å². The SMILES string of the molecule is CC(C)CCNC1CCc2c(sc3ncn(C4CCCC4)c(=O)c23)C1. The second-order valence-corrected chi connectivity index (χ2v) is 9.24. The Hall–Kier alpha value is -1.20. The Morgan fingerprint density at radius 3 is 2.88 bits per heavy atom. The first kappa shape index (κ1) is 17.2. The Morgan fingerprint density at radius 2 is 2.12 bits per heavy atom. The number of nitrogens with one attached hydrogen (secondary N) is 1. The van der Waals surface area contributed by atoms with Gasteiger partial charge in [0.15, 0.2) is 0 Å². The summed E-state index contributed by atoms with van der Waals surface area (Å²) in [6.07, 6.45) is 11.0. The molecule has 1 fully saturated rings. The molecular formula is C20H29N3OS. The molecule has 0 bridgehead atoms. The quantitative estimate of drug-likeness (QED) is 0.875. The van der Waals surface area contributed by atoms with Gasteiger partial charge in [0.25, 0.3) is 5.56 Å². The summed E-state index contributed by atoms with van der Waals surface area (Å²) in [5.74, 6) is 0.745. The fraction of sp³-hybridized carbons (Fsp3) is 0.700. The van der Waals surface area contributed by atoms with Crippen molar-refractivity contribution in [3.8, 4) is 0 Å². The lowest BCUT2D eigenvalue weighted by Crippen LogP contribution is -2.35. The van der Waals surface area contributed by atoms with E-state index in [0.717, 1.165) is 54.8 Å². The zero-order valence-corrected chi connectivity index (χ0v) is 16.2. The van der Waals surface area contributed by atoms with Crippen molar-refractivity contribution in [3.05, 3.63) is 27.1 Å². The van der Waals surface area contributed by atoms with Gasteiger partial charge in [0.1, 0.15) is 4.83 Å². The molecule has 1 saturated carbocycles. The molecule has 5 heteroatoms. The summed E-state index contributed by atoms with van der Waals surface area (Å²) in [5, 5.41) is 4.64. The van der Waals surface area contributed by atoms with Crippen LogP contribution < -0.4 is 10.9 Å². The molecule has 4 nitrogen and oxygen atoms in total. The maximum absolute atomic E-state index is 13.1. The van der Waals surface area contributed by atoms with E-state index in [1.807, 2.05) is 4.57 Å². The number of hydrogen-bond acceptors (Lipinski definition) is 4. The Bertz CT molecular complexity index is 801. The van der Waals surface area contributed by atoms with Gasteiger partial charge in [0, 0.05) is 17.0 Å². The molecule has 0 aromatic carbocycles. The van der Waals surface area contributed by atoms with Gasteiger partial charge in [-0.2, -0.15) is 0 Å². The van der Waals surface area contributed by atoms with Crippen LogP contribution in [0.25, 0.3) is 10.2 Å². The van der Waals surface area contributed by atoms with E-state index in [1.54, 1.807) is 17.7 Å². The van der Waals surface area contributed by atoms with Crippen LogP contribution in [-0.4, -0.2) is 22.1 Å². The summed E-state index contributed by atoms with van der Waals surface area (Å²) >= 11 is 1.74. The second kappa shape index (κ2) is 7.20. The predicted molar refractivity (Wildman–Crippen MR) is 105 cm³/mol. The number of thiophene rings is 1. The summed E-state index contributed by atoms with van der Waals surface area (Å²) in [4.78, 5) is 20.1. The minimum atomic E-state index is 0.209. The van der Waals surface area contributed by atoms with Gasteiger partial charge in [-0.25, -0.2) is 4.98 Å². The Labute approximate surface area is 153 Å². The summed E-state index contributed by atoms with van der Waals surface area (Å²) < 4.78 is 1.93. The molecule has 1 atom stereocenters. The topological polar surface area (TPSA) is 46.9 Å². The van der Waals surface area contributed by atoms with Crippen LogP contribution in [0.3, 0.4) is 0 Å². The van der Waals surface area contributed by atoms with Crippen molar-refractivity contribution in [1.29, 1.82) is 0 Å². The maximum Gasteiger partial charge on any atom is 0.262 e. The molecule has 0 saturated heterocycles. The zero-order chi connectivity index (χ0) is 17.4. The van der Waals surface area contributed by atoms with Gasteiger partial charge in [0.05, 0.1) is 11.7 Å².